The molecule has 0 aromatic heterocycles. The monoisotopic (exact) mass is 177 g/mol. The van der Waals surface area contributed by atoms with Gasteiger partial charge in [0.2, 0.25) is 0 Å². The van der Waals surface area contributed by atoms with E-state index in [1.807, 2.05) is 0 Å². The van der Waals surface area contributed by atoms with Crippen molar-refractivity contribution in [1.82, 2.24) is 0 Å². The van der Waals surface area contributed by atoms with Crippen molar-refractivity contribution in [2.24, 2.45) is 5.73 Å². The van der Waals surface area contributed by atoms with Gasteiger partial charge in [-0.2, -0.15) is 0 Å². The summed E-state index contributed by atoms with van der Waals surface area (Å²) in [6.07, 6.45) is -2.31. The van der Waals surface area contributed by atoms with Crippen LogP contribution in [0, 0.1) is 0 Å². The van der Waals surface area contributed by atoms with Gasteiger partial charge in [-0.25, -0.2) is 0 Å². The molecule has 0 unspecified atom stereocenters. The van der Waals surface area contributed by atoms with Gasteiger partial charge in [-0.1, -0.05) is 0 Å². The van der Waals surface area contributed by atoms with Crippen LogP contribution >= 0.6 is 0 Å². The van der Waals surface area contributed by atoms with Gasteiger partial charge in [0, 0.05) is 20.1 Å². The van der Waals surface area contributed by atoms with Gasteiger partial charge in [0.05, 0.1) is 12.2 Å². The van der Waals surface area contributed by atoms with Crippen molar-refractivity contribution in [1.29, 1.82) is 0 Å². The molecule has 1 heterocycles. The van der Waals surface area contributed by atoms with Gasteiger partial charge in [-0.15, -0.1) is 0 Å². The van der Waals surface area contributed by atoms with E-state index >= 15 is 0 Å². The van der Waals surface area contributed by atoms with Crippen molar-refractivity contribution in [2.45, 2.75) is 31.0 Å². The summed E-state index contributed by atoms with van der Waals surface area (Å²) in [4.78, 5) is 0. The first kappa shape index (κ1) is 9.88. The summed E-state index contributed by atoms with van der Waals surface area (Å²) in [5, 5.41) is 18.6. The zero-order valence-corrected chi connectivity index (χ0v) is 7.01. The molecule has 4 N–H and O–H groups in total. The van der Waals surface area contributed by atoms with Gasteiger partial charge in [0.25, 0.3) is 0 Å². The molecule has 0 bridgehead atoms. The van der Waals surface area contributed by atoms with Crippen molar-refractivity contribution >= 4 is 0 Å². The molecule has 0 spiro atoms. The Morgan fingerprint density at radius 2 is 2.17 bits per heavy atom. The van der Waals surface area contributed by atoms with Gasteiger partial charge in [0.15, 0.2) is 6.29 Å². The van der Waals surface area contributed by atoms with E-state index in [1.165, 1.54) is 7.11 Å². The lowest BCUT2D eigenvalue weighted by molar-refractivity contribution is -0.253. The molecule has 0 aromatic carbocycles. The Bertz CT molecular complexity index is 129. The second-order valence-electron chi connectivity index (χ2n) is 2.88. The molecule has 1 fully saturated rings. The van der Waals surface area contributed by atoms with E-state index in [2.05, 4.69) is 0 Å². The van der Waals surface area contributed by atoms with E-state index in [1.54, 1.807) is 0 Å². The van der Waals surface area contributed by atoms with E-state index in [4.69, 9.17) is 15.2 Å². The maximum Gasteiger partial charge on any atom is 0.183 e. The smallest absolute Gasteiger partial charge is 0.183 e. The molecule has 5 nitrogen and oxygen atoms in total. The van der Waals surface area contributed by atoms with Crippen molar-refractivity contribution < 1.29 is 19.7 Å². The predicted octanol–water partition coefficient (Wildman–Crippen LogP) is -1.57. The molecule has 1 rings (SSSR count). The third-order valence-corrected chi connectivity index (χ3v) is 2.00. The molecule has 72 valence electrons. The minimum atomic E-state index is -0.771. The SMILES string of the molecule is CO[C@H]1O[C@H](CN)[C@@H](O)C[C@@H]1O. The third-order valence-electron chi connectivity index (χ3n) is 2.00. The molecule has 0 radical (unpaired) electrons. The minimum absolute atomic E-state index is 0.230. The summed E-state index contributed by atoms with van der Waals surface area (Å²) in [7, 11) is 1.44. The number of methoxy groups -OCH3 is 1. The number of hydrogen-bond acceptors (Lipinski definition) is 5. The number of aliphatic hydroxyl groups is 2. The maximum absolute atomic E-state index is 9.33. The summed E-state index contributed by atoms with van der Waals surface area (Å²) in [5.74, 6) is 0. The summed E-state index contributed by atoms with van der Waals surface area (Å²) < 4.78 is 10.0. The molecule has 4 atom stereocenters. The largest absolute Gasteiger partial charge is 0.390 e. The van der Waals surface area contributed by atoms with E-state index in [9.17, 15) is 10.2 Å². The van der Waals surface area contributed by atoms with Crippen LogP contribution in [-0.2, 0) is 9.47 Å². The van der Waals surface area contributed by atoms with Crippen molar-refractivity contribution in [3.63, 3.8) is 0 Å². The van der Waals surface area contributed by atoms with Gasteiger partial charge >= 0.3 is 0 Å². The fourth-order valence-electron chi connectivity index (χ4n) is 1.29. The number of hydrogen-bond donors (Lipinski definition) is 3. The topological polar surface area (TPSA) is 84.9 Å². The summed E-state index contributed by atoms with van der Waals surface area (Å²) in [5.41, 5.74) is 5.33. The lowest BCUT2D eigenvalue weighted by Crippen LogP contribution is -2.50. The molecule has 0 aromatic rings. The molecular weight excluding hydrogens is 162 g/mol. The summed E-state index contributed by atoms with van der Waals surface area (Å²) in [6, 6.07) is 0. The van der Waals surface area contributed by atoms with Crippen LogP contribution in [-0.4, -0.2) is 48.5 Å². The van der Waals surface area contributed by atoms with E-state index in [0.717, 1.165) is 0 Å². The third kappa shape index (κ3) is 1.94. The van der Waals surface area contributed by atoms with Crippen molar-refractivity contribution in [3.8, 4) is 0 Å². The van der Waals surface area contributed by atoms with Gasteiger partial charge in [-0.3, -0.25) is 0 Å². The van der Waals surface area contributed by atoms with Crippen molar-refractivity contribution in [2.75, 3.05) is 13.7 Å². The lowest BCUT2D eigenvalue weighted by atomic mass is 10.0. The molecule has 12 heavy (non-hydrogen) atoms. The molecule has 5 heteroatoms. The number of nitrogens with two attached hydrogens (primary N) is 1. The zero-order valence-electron chi connectivity index (χ0n) is 7.01. The minimum Gasteiger partial charge on any atom is -0.390 e. The quantitative estimate of drug-likeness (QED) is 0.474. The molecule has 0 saturated carbocycles. The molecule has 0 amide bonds. The molecule has 1 aliphatic heterocycles. The normalized spacial score (nSPS) is 43.0. The van der Waals surface area contributed by atoms with Crippen LogP contribution in [0.1, 0.15) is 6.42 Å². The van der Waals surface area contributed by atoms with Gasteiger partial charge in [-0.05, 0) is 0 Å². The summed E-state index contributed by atoms with van der Waals surface area (Å²) in [6.45, 7) is 0.230. The van der Waals surface area contributed by atoms with Crippen LogP contribution in [0.3, 0.4) is 0 Å². The van der Waals surface area contributed by atoms with Crippen LogP contribution in [0.15, 0.2) is 0 Å². The highest BCUT2D eigenvalue weighted by molar-refractivity contribution is 4.81. The first-order chi connectivity index (χ1) is 5.69. The second kappa shape index (κ2) is 4.15. The van der Waals surface area contributed by atoms with Crippen LogP contribution in [0.25, 0.3) is 0 Å². The Morgan fingerprint density at radius 1 is 1.50 bits per heavy atom. The Labute approximate surface area is 71.1 Å². The molecule has 1 aliphatic rings. The van der Waals surface area contributed by atoms with E-state index < -0.39 is 24.6 Å². The Kier molecular flexibility index (Phi) is 3.42. The van der Waals surface area contributed by atoms with Crippen LogP contribution in [0.5, 0.6) is 0 Å². The number of ether oxygens (including phenoxy) is 2. The highest BCUT2D eigenvalue weighted by Crippen LogP contribution is 2.19. The average molecular weight is 177 g/mol. The fraction of sp³-hybridized carbons (Fsp3) is 1.00. The Morgan fingerprint density at radius 3 is 2.67 bits per heavy atom. The fourth-order valence-corrected chi connectivity index (χ4v) is 1.29. The maximum atomic E-state index is 9.33. The van der Waals surface area contributed by atoms with E-state index in [0.29, 0.717) is 0 Å². The van der Waals surface area contributed by atoms with E-state index in [-0.39, 0.29) is 13.0 Å². The second-order valence-corrected chi connectivity index (χ2v) is 2.88. The standard InChI is InChI=1S/C7H15NO4/c1-11-7-5(10)2-4(9)6(3-8)12-7/h4-7,9-10H,2-3,8H2,1H3/t4-,5-,6+,7-/m0/s1. The Hall–Kier alpha value is -0.200. The van der Waals surface area contributed by atoms with Gasteiger partial charge in [0.1, 0.15) is 6.10 Å². The van der Waals surface area contributed by atoms with Crippen molar-refractivity contribution in [3.05, 3.63) is 0 Å². The van der Waals surface area contributed by atoms with Gasteiger partial charge < -0.3 is 25.4 Å². The molecule has 0 aliphatic carbocycles. The molecule has 1 saturated heterocycles. The highest BCUT2D eigenvalue weighted by Gasteiger charge is 2.35. The Balaban J connectivity index is 2.50. The zero-order chi connectivity index (χ0) is 9.14. The first-order valence-corrected chi connectivity index (χ1v) is 3.93. The van der Waals surface area contributed by atoms with Crippen LogP contribution in [0.2, 0.25) is 0 Å². The predicted molar refractivity (Wildman–Crippen MR) is 41.4 cm³/mol. The van der Waals surface area contributed by atoms with Crippen LogP contribution in [0.4, 0.5) is 0 Å². The highest BCUT2D eigenvalue weighted by atomic mass is 16.7. The number of aliphatic hydroxyl groups excluding tert-OH is 2. The first-order valence-electron chi connectivity index (χ1n) is 3.93. The van der Waals surface area contributed by atoms with Crippen LogP contribution < -0.4 is 5.73 Å². The lowest BCUT2D eigenvalue weighted by Gasteiger charge is -2.35. The average Bonchev–Trinajstić information content (AvgIpc) is 2.05. The summed E-state index contributed by atoms with van der Waals surface area (Å²) >= 11 is 0. The number of rotatable bonds is 2. The molecular formula is C7H15NO4.